The van der Waals surface area contributed by atoms with Crippen LogP contribution >= 0.6 is 0 Å². The van der Waals surface area contributed by atoms with E-state index in [9.17, 15) is 9.59 Å². The first-order valence-corrected chi connectivity index (χ1v) is 2.79. The fraction of sp³-hybridized carbons (Fsp3) is 0.600. The Morgan fingerprint density at radius 3 is 2.67 bits per heavy atom. The third-order valence-electron chi connectivity index (χ3n) is 1.12. The quantitative estimate of drug-likeness (QED) is 0.466. The Labute approximate surface area is 52.6 Å². The largest absolute Gasteiger partial charge is 0.335 e. The average Bonchev–Trinajstić information content (AvgIpc) is 1.59. The molecule has 3 amide bonds. The molecule has 1 aliphatic rings. The molecule has 2 N–H and O–H groups in total. The van der Waals surface area contributed by atoms with Crippen LogP contribution in [0.3, 0.4) is 0 Å². The Bertz CT molecular complexity index is 139. The van der Waals surface area contributed by atoms with Gasteiger partial charge in [-0.05, 0) is 6.92 Å². The van der Waals surface area contributed by atoms with Gasteiger partial charge in [-0.2, -0.15) is 0 Å². The van der Waals surface area contributed by atoms with Gasteiger partial charge in [-0.15, -0.1) is 0 Å². The van der Waals surface area contributed by atoms with Crippen molar-refractivity contribution in [2.75, 3.05) is 0 Å². The van der Waals surface area contributed by atoms with E-state index in [2.05, 4.69) is 10.6 Å². The minimum atomic E-state index is -0.390. The van der Waals surface area contributed by atoms with Gasteiger partial charge in [0.1, 0.15) is 0 Å². The molecule has 0 aromatic rings. The van der Waals surface area contributed by atoms with Crippen molar-refractivity contribution in [1.29, 1.82) is 0 Å². The molecular formula is C5H8N2O2. The molecule has 1 fully saturated rings. The van der Waals surface area contributed by atoms with Crippen LogP contribution in [-0.4, -0.2) is 18.0 Å². The summed E-state index contributed by atoms with van der Waals surface area (Å²) < 4.78 is 0. The summed E-state index contributed by atoms with van der Waals surface area (Å²) in [7, 11) is 0. The average molecular weight is 128 g/mol. The van der Waals surface area contributed by atoms with E-state index in [1.807, 2.05) is 0 Å². The molecule has 1 rings (SSSR count). The Morgan fingerprint density at radius 2 is 2.22 bits per heavy atom. The van der Waals surface area contributed by atoms with Crippen molar-refractivity contribution in [1.82, 2.24) is 10.6 Å². The van der Waals surface area contributed by atoms with E-state index in [0.29, 0.717) is 6.42 Å². The normalized spacial score (nSPS) is 27.0. The van der Waals surface area contributed by atoms with Crippen LogP contribution in [0.15, 0.2) is 0 Å². The van der Waals surface area contributed by atoms with Crippen molar-refractivity contribution in [3.05, 3.63) is 0 Å². The van der Waals surface area contributed by atoms with Crippen LogP contribution in [0, 0.1) is 0 Å². The Morgan fingerprint density at radius 1 is 1.56 bits per heavy atom. The van der Waals surface area contributed by atoms with E-state index in [0.717, 1.165) is 0 Å². The van der Waals surface area contributed by atoms with Crippen molar-refractivity contribution >= 4 is 11.9 Å². The number of urea groups is 1. The molecule has 50 valence electrons. The Kier molecular flexibility index (Phi) is 1.38. The molecule has 1 aliphatic heterocycles. The molecule has 4 heteroatoms. The topological polar surface area (TPSA) is 58.2 Å². The summed E-state index contributed by atoms with van der Waals surface area (Å²) in [6, 6.07) is -0.412. The van der Waals surface area contributed by atoms with Crippen molar-refractivity contribution < 1.29 is 9.59 Å². The van der Waals surface area contributed by atoms with Crippen LogP contribution in [-0.2, 0) is 4.79 Å². The first-order valence-electron chi connectivity index (χ1n) is 2.79. The van der Waals surface area contributed by atoms with Gasteiger partial charge in [0.2, 0.25) is 5.91 Å². The predicted octanol–water partition coefficient (Wildman–Crippen LogP) is -0.396. The van der Waals surface area contributed by atoms with E-state index in [4.69, 9.17) is 0 Å². The molecule has 1 unspecified atom stereocenters. The van der Waals surface area contributed by atoms with Gasteiger partial charge in [0.05, 0.1) is 0 Å². The van der Waals surface area contributed by atoms with Crippen LogP contribution in [0.4, 0.5) is 4.79 Å². The third-order valence-corrected chi connectivity index (χ3v) is 1.12. The van der Waals surface area contributed by atoms with E-state index in [1.165, 1.54) is 0 Å². The molecule has 0 aliphatic carbocycles. The zero-order chi connectivity index (χ0) is 6.85. The van der Waals surface area contributed by atoms with Crippen LogP contribution in [0.5, 0.6) is 0 Å². The summed E-state index contributed by atoms with van der Waals surface area (Å²) in [5, 5.41) is 4.66. The minimum absolute atomic E-state index is 0.0220. The molecule has 0 spiro atoms. The van der Waals surface area contributed by atoms with E-state index < -0.39 is 6.03 Å². The number of imide groups is 1. The second kappa shape index (κ2) is 2.05. The lowest BCUT2D eigenvalue weighted by atomic mass is 10.2. The van der Waals surface area contributed by atoms with E-state index in [1.54, 1.807) is 6.92 Å². The zero-order valence-electron chi connectivity index (χ0n) is 5.10. The lowest BCUT2D eigenvalue weighted by molar-refractivity contribution is -0.121. The maximum absolute atomic E-state index is 10.5. The van der Waals surface area contributed by atoms with E-state index >= 15 is 0 Å². The number of nitrogens with one attached hydrogen (secondary N) is 2. The van der Waals surface area contributed by atoms with E-state index in [-0.39, 0.29) is 11.9 Å². The summed E-state index contributed by atoms with van der Waals surface area (Å²) in [5.41, 5.74) is 0. The van der Waals surface area contributed by atoms with Crippen molar-refractivity contribution in [3.63, 3.8) is 0 Å². The fourth-order valence-corrected chi connectivity index (χ4v) is 0.767. The van der Waals surface area contributed by atoms with Gasteiger partial charge in [-0.3, -0.25) is 10.1 Å². The smallest absolute Gasteiger partial charge is 0.321 e. The minimum Gasteiger partial charge on any atom is -0.335 e. The first-order chi connectivity index (χ1) is 4.18. The second-order valence-corrected chi connectivity index (χ2v) is 2.13. The SMILES string of the molecule is CC1CC(=O)NC(=O)N1. The molecule has 9 heavy (non-hydrogen) atoms. The molecule has 1 saturated heterocycles. The number of hydrogen-bond acceptors (Lipinski definition) is 2. The lowest BCUT2D eigenvalue weighted by Crippen LogP contribution is -2.50. The first kappa shape index (κ1) is 6.07. The summed E-state index contributed by atoms with van der Waals surface area (Å²) in [5.74, 6) is -0.203. The molecule has 4 nitrogen and oxygen atoms in total. The van der Waals surface area contributed by atoms with Crippen molar-refractivity contribution in [3.8, 4) is 0 Å². The van der Waals surface area contributed by atoms with Crippen molar-refractivity contribution in [2.24, 2.45) is 0 Å². The van der Waals surface area contributed by atoms with Crippen LogP contribution in [0.25, 0.3) is 0 Å². The molecule has 0 aromatic heterocycles. The number of carbonyl (C=O) groups excluding carboxylic acids is 2. The molecular weight excluding hydrogens is 120 g/mol. The summed E-state index contributed by atoms with van der Waals surface area (Å²) >= 11 is 0. The van der Waals surface area contributed by atoms with Crippen LogP contribution in [0.2, 0.25) is 0 Å². The highest BCUT2D eigenvalue weighted by Gasteiger charge is 2.19. The Hall–Kier alpha value is -1.06. The number of amides is 3. The van der Waals surface area contributed by atoms with Gasteiger partial charge in [-0.25, -0.2) is 4.79 Å². The van der Waals surface area contributed by atoms with Gasteiger partial charge in [-0.1, -0.05) is 0 Å². The Balaban J connectivity index is 2.53. The zero-order valence-corrected chi connectivity index (χ0v) is 5.10. The summed E-state index contributed by atoms with van der Waals surface area (Å²) in [6.07, 6.45) is 0.381. The molecule has 1 atom stereocenters. The summed E-state index contributed by atoms with van der Waals surface area (Å²) in [4.78, 5) is 21.0. The molecule has 0 aromatic carbocycles. The van der Waals surface area contributed by atoms with Crippen LogP contribution in [0.1, 0.15) is 13.3 Å². The van der Waals surface area contributed by atoms with Crippen LogP contribution < -0.4 is 10.6 Å². The van der Waals surface area contributed by atoms with Gasteiger partial charge in [0.25, 0.3) is 0 Å². The highest BCUT2D eigenvalue weighted by atomic mass is 16.2. The molecule has 0 saturated carbocycles. The standard InChI is InChI=1S/C5H8N2O2/c1-3-2-4(8)7-5(9)6-3/h3H,2H2,1H3,(H2,6,7,8,9). The maximum atomic E-state index is 10.5. The number of carbonyl (C=O) groups is 2. The highest BCUT2D eigenvalue weighted by Crippen LogP contribution is 1.94. The van der Waals surface area contributed by atoms with Gasteiger partial charge < -0.3 is 5.32 Å². The molecule has 0 bridgehead atoms. The molecule has 1 heterocycles. The maximum Gasteiger partial charge on any atom is 0.321 e. The monoisotopic (exact) mass is 128 g/mol. The molecule has 0 radical (unpaired) electrons. The van der Waals surface area contributed by atoms with Crippen molar-refractivity contribution in [2.45, 2.75) is 19.4 Å². The number of hydrogen-bond donors (Lipinski definition) is 2. The highest BCUT2D eigenvalue weighted by molar-refractivity contribution is 5.97. The predicted molar refractivity (Wildman–Crippen MR) is 30.8 cm³/mol. The third kappa shape index (κ3) is 1.42. The van der Waals surface area contributed by atoms with Gasteiger partial charge in [0.15, 0.2) is 0 Å². The summed E-state index contributed by atoms with van der Waals surface area (Å²) in [6.45, 7) is 1.79. The number of rotatable bonds is 0. The van der Waals surface area contributed by atoms with Gasteiger partial charge in [0, 0.05) is 12.5 Å². The second-order valence-electron chi connectivity index (χ2n) is 2.13. The lowest BCUT2D eigenvalue weighted by Gasteiger charge is -2.18. The fourth-order valence-electron chi connectivity index (χ4n) is 0.767. The van der Waals surface area contributed by atoms with Gasteiger partial charge >= 0.3 is 6.03 Å².